The van der Waals surface area contributed by atoms with Gasteiger partial charge in [-0.25, -0.2) is 13.1 Å². The first-order valence-corrected chi connectivity index (χ1v) is 8.83. The average molecular weight is 337 g/mol. The molecule has 5 unspecified atom stereocenters. The molecule has 1 aliphatic heterocycles. The summed E-state index contributed by atoms with van der Waals surface area (Å²) in [5, 5.41) is 30.8. The largest absolute Gasteiger partial charge is 0.388 e. The van der Waals surface area contributed by atoms with Crippen molar-refractivity contribution in [2.45, 2.75) is 48.6 Å². The zero-order valence-corrected chi connectivity index (χ0v) is 13.3. The highest BCUT2D eigenvalue weighted by Crippen LogP contribution is 2.23. The minimum Gasteiger partial charge on any atom is -0.388 e. The molecule has 1 aromatic heterocycles. The highest BCUT2D eigenvalue weighted by Gasteiger charge is 2.42. The van der Waals surface area contributed by atoms with Crippen LogP contribution in [-0.2, 0) is 14.8 Å². The molecule has 0 bridgehead atoms. The lowest BCUT2D eigenvalue weighted by atomic mass is 9.96. The Morgan fingerprint density at radius 2 is 1.95 bits per heavy atom. The van der Waals surface area contributed by atoms with Crippen molar-refractivity contribution >= 4 is 21.4 Å². The van der Waals surface area contributed by atoms with Crippen LogP contribution in [0.2, 0.25) is 0 Å². The molecule has 0 aromatic carbocycles. The van der Waals surface area contributed by atoms with Gasteiger partial charge in [-0.2, -0.15) is 0 Å². The van der Waals surface area contributed by atoms with Gasteiger partial charge in [-0.05, 0) is 30.9 Å². The van der Waals surface area contributed by atoms with Crippen molar-refractivity contribution in [3.8, 4) is 0 Å². The van der Waals surface area contributed by atoms with Gasteiger partial charge in [0.1, 0.15) is 28.6 Å². The van der Waals surface area contributed by atoms with Gasteiger partial charge in [-0.15, -0.1) is 11.3 Å². The molecule has 1 fully saturated rings. The van der Waals surface area contributed by atoms with E-state index >= 15 is 0 Å². The summed E-state index contributed by atoms with van der Waals surface area (Å²) < 4.78 is 32.2. The molecule has 9 heteroatoms. The molecule has 0 saturated carbocycles. The highest BCUT2D eigenvalue weighted by molar-refractivity contribution is 7.91. The van der Waals surface area contributed by atoms with Crippen LogP contribution in [0.25, 0.3) is 0 Å². The van der Waals surface area contributed by atoms with E-state index in [4.69, 9.17) is 4.74 Å². The number of ether oxygens (including phenoxy) is 1. The fraction of sp³-hybridized carbons (Fsp3) is 0.667. The number of aryl methyl sites for hydroxylation is 1. The van der Waals surface area contributed by atoms with E-state index in [0.717, 1.165) is 11.3 Å². The minimum absolute atomic E-state index is 0.186. The van der Waals surface area contributed by atoms with E-state index in [-0.39, 0.29) is 10.8 Å². The van der Waals surface area contributed by atoms with Crippen molar-refractivity contribution in [3.05, 3.63) is 17.0 Å². The second-order valence-electron chi connectivity index (χ2n) is 5.09. The molecule has 2 heterocycles. The number of aliphatic hydroxyl groups excluding tert-OH is 3. The van der Waals surface area contributed by atoms with Gasteiger partial charge >= 0.3 is 0 Å². The van der Waals surface area contributed by atoms with Crippen molar-refractivity contribution in [3.63, 3.8) is 0 Å². The molecule has 7 nitrogen and oxygen atoms in total. The van der Waals surface area contributed by atoms with Gasteiger partial charge in [0.05, 0.1) is 6.10 Å². The van der Waals surface area contributed by atoms with Crippen molar-refractivity contribution in [1.82, 2.24) is 4.72 Å². The lowest BCUT2D eigenvalue weighted by Crippen LogP contribution is -2.59. The maximum atomic E-state index is 12.1. The molecule has 0 aliphatic carbocycles. The number of nitrogens with one attached hydrogen (secondary N) is 1. The van der Waals surface area contributed by atoms with Crippen molar-refractivity contribution in [2.75, 3.05) is 6.54 Å². The lowest BCUT2D eigenvalue weighted by Gasteiger charge is -2.39. The molecular formula is C12H19NO6S2. The number of thiophene rings is 1. The van der Waals surface area contributed by atoms with Crippen LogP contribution in [0.5, 0.6) is 0 Å². The Bertz CT molecular complexity index is 586. The third-order valence-electron chi connectivity index (χ3n) is 3.48. The van der Waals surface area contributed by atoms with E-state index in [1.54, 1.807) is 25.3 Å². The fourth-order valence-electron chi connectivity index (χ4n) is 2.20. The zero-order valence-electron chi connectivity index (χ0n) is 11.6. The third-order valence-corrected chi connectivity index (χ3v) is 6.60. The van der Waals surface area contributed by atoms with E-state index in [9.17, 15) is 23.7 Å². The van der Waals surface area contributed by atoms with Crippen LogP contribution in [0.4, 0.5) is 0 Å². The second kappa shape index (κ2) is 6.29. The smallest absolute Gasteiger partial charge is 0.250 e. The van der Waals surface area contributed by atoms with Gasteiger partial charge in [0, 0.05) is 6.54 Å². The fourth-order valence-corrected chi connectivity index (χ4v) is 4.70. The van der Waals surface area contributed by atoms with E-state index in [2.05, 4.69) is 4.72 Å². The number of sulfonamides is 1. The normalized spacial score (nSPS) is 34.0. The maximum absolute atomic E-state index is 12.1. The van der Waals surface area contributed by atoms with Crippen molar-refractivity contribution in [1.29, 1.82) is 0 Å². The Balaban J connectivity index is 2.04. The predicted octanol–water partition coefficient (Wildman–Crippen LogP) is -0.795. The SMILES string of the molecule is Cc1ccsc1S(=O)(=O)NCC1OC(C)C(O)C(O)C1O. The Labute approximate surface area is 127 Å². The van der Waals surface area contributed by atoms with Gasteiger partial charge < -0.3 is 20.1 Å². The van der Waals surface area contributed by atoms with Crippen LogP contribution in [-0.4, -0.2) is 60.8 Å². The molecule has 0 radical (unpaired) electrons. The van der Waals surface area contributed by atoms with Gasteiger partial charge in [-0.3, -0.25) is 0 Å². The predicted molar refractivity (Wildman–Crippen MR) is 76.6 cm³/mol. The first-order valence-electron chi connectivity index (χ1n) is 6.47. The molecule has 1 saturated heterocycles. The van der Waals surface area contributed by atoms with Crippen LogP contribution in [0.1, 0.15) is 12.5 Å². The van der Waals surface area contributed by atoms with E-state index in [0.29, 0.717) is 5.56 Å². The molecule has 5 atom stereocenters. The van der Waals surface area contributed by atoms with Crippen molar-refractivity contribution in [2.24, 2.45) is 0 Å². The van der Waals surface area contributed by atoms with E-state index in [1.807, 2.05) is 0 Å². The summed E-state index contributed by atoms with van der Waals surface area (Å²) in [6.07, 6.45) is -5.54. The summed E-state index contributed by atoms with van der Waals surface area (Å²) in [7, 11) is -3.69. The Hall–Kier alpha value is -0.550. The van der Waals surface area contributed by atoms with Crippen LogP contribution in [0.3, 0.4) is 0 Å². The van der Waals surface area contributed by atoms with Gasteiger partial charge in [-0.1, -0.05) is 0 Å². The summed E-state index contributed by atoms with van der Waals surface area (Å²) in [6, 6.07) is 1.70. The second-order valence-corrected chi connectivity index (χ2v) is 7.97. The number of aliphatic hydroxyl groups is 3. The van der Waals surface area contributed by atoms with Crippen LogP contribution in [0.15, 0.2) is 15.7 Å². The zero-order chi connectivity index (χ0) is 15.8. The Morgan fingerprint density at radius 3 is 2.52 bits per heavy atom. The topological polar surface area (TPSA) is 116 Å². The van der Waals surface area contributed by atoms with Crippen molar-refractivity contribution < 1.29 is 28.5 Å². The molecule has 21 heavy (non-hydrogen) atoms. The quantitative estimate of drug-likeness (QED) is 0.572. The molecule has 0 spiro atoms. The third kappa shape index (κ3) is 3.45. The lowest BCUT2D eigenvalue weighted by molar-refractivity contribution is -0.214. The summed E-state index contributed by atoms with van der Waals surface area (Å²) in [6.45, 7) is 3.05. The molecule has 2 rings (SSSR count). The summed E-state index contributed by atoms with van der Waals surface area (Å²) in [5.41, 5.74) is 0.640. The molecule has 1 aromatic rings. The standard InChI is InChI=1S/C12H19NO6S2/c1-6-3-4-20-12(6)21(17,18)13-5-8-10(15)11(16)9(14)7(2)19-8/h3-4,7-11,13-16H,5H2,1-2H3. The van der Waals surface area contributed by atoms with E-state index < -0.39 is 40.5 Å². The molecule has 4 N–H and O–H groups in total. The summed E-state index contributed by atoms with van der Waals surface area (Å²) in [5.74, 6) is 0. The summed E-state index contributed by atoms with van der Waals surface area (Å²) >= 11 is 1.10. The number of hydrogen-bond donors (Lipinski definition) is 4. The van der Waals surface area contributed by atoms with Crippen LogP contribution < -0.4 is 4.72 Å². The van der Waals surface area contributed by atoms with Gasteiger partial charge in [0.25, 0.3) is 0 Å². The van der Waals surface area contributed by atoms with Gasteiger partial charge in [0.2, 0.25) is 10.0 Å². The molecule has 1 aliphatic rings. The Morgan fingerprint density at radius 1 is 1.29 bits per heavy atom. The molecule has 0 amide bonds. The van der Waals surface area contributed by atoms with E-state index in [1.165, 1.54) is 0 Å². The van der Waals surface area contributed by atoms with Gasteiger partial charge in [0.15, 0.2) is 0 Å². The highest BCUT2D eigenvalue weighted by atomic mass is 32.2. The minimum atomic E-state index is -3.69. The number of hydrogen-bond acceptors (Lipinski definition) is 7. The molecular weight excluding hydrogens is 318 g/mol. The first kappa shape index (κ1) is 16.8. The van der Waals surface area contributed by atoms with Crippen LogP contribution >= 0.6 is 11.3 Å². The first-order chi connectivity index (χ1) is 9.74. The molecule has 120 valence electrons. The monoisotopic (exact) mass is 337 g/mol. The Kier molecular flexibility index (Phi) is 5.03. The maximum Gasteiger partial charge on any atom is 0.250 e. The summed E-state index contributed by atoms with van der Waals surface area (Å²) in [4.78, 5) is 0. The number of rotatable bonds is 4. The van der Waals surface area contributed by atoms with Crippen LogP contribution in [0, 0.1) is 6.92 Å². The average Bonchev–Trinajstić information content (AvgIpc) is 2.86.